The predicted molar refractivity (Wildman–Crippen MR) is 69.0 cm³/mol. The molecular weight excluding hydrogens is 268 g/mol. The number of aliphatic carboxylic acids is 1. The third-order valence-corrected chi connectivity index (χ3v) is 3.02. The Balaban J connectivity index is 2.60. The number of halogens is 2. The standard InChI is InChI=1S/C14H17F2NO3/c1-8(2)10(14(19)20)7-17-12(18)6-9-4-3-5-11(15)13(9)16/h3-5,8,10H,6-7H2,1-2H3,(H,17,18)(H,19,20). The predicted octanol–water partition coefficient (Wildman–Crippen LogP) is 1.98. The zero-order valence-electron chi connectivity index (χ0n) is 11.3. The van der Waals surface area contributed by atoms with Gasteiger partial charge in [-0.25, -0.2) is 8.78 Å². The number of carbonyl (C=O) groups excluding carboxylic acids is 1. The molecule has 0 fully saturated rings. The lowest BCUT2D eigenvalue weighted by molar-refractivity contribution is -0.143. The molecule has 1 aromatic rings. The van der Waals surface area contributed by atoms with Gasteiger partial charge in [0.2, 0.25) is 5.91 Å². The summed E-state index contributed by atoms with van der Waals surface area (Å²) < 4.78 is 26.3. The van der Waals surface area contributed by atoms with Crippen LogP contribution in [0.3, 0.4) is 0 Å². The minimum Gasteiger partial charge on any atom is -0.481 e. The number of hydrogen-bond donors (Lipinski definition) is 2. The molecule has 6 heteroatoms. The van der Waals surface area contributed by atoms with E-state index in [2.05, 4.69) is 5.32 Å². The molecular formula is C14H17F2NO3. The molecule has 0 saturated carbocycles. The molecule has 1 amide bonds. The fraction of sp³-hybridized carbons (Fsp3) is 0.429. The van der Waals surface area contributed by atoms with Crippen LogP contribution in [0.5, 0.6) is 0 Å². The van der Waals surface area contributed by atoms with Gasteiger partial charge in [-0.3, -0.25) is 9.59 Å². The number of carbonyl (C=O) groups is 2. The van der Waals surface area contributed by atoms with E-state index in [-0.39, 0.29) is 24.4 Å². The van der Waals surface area contributed by atoms with Crippen molar-refractivity contribution in [2.45, 2.75) is 20.3 Å². The third kappa shape index (κ3) is 4.29. The lowest BCUT2D eigenvalue weighted by atomic mass is 9.96. The van der Waals surface area contributed by atoms with E-state index in [4.69, 9.17) is 5.11 Å². The summed E-state index contributed by atoms with van der Waals surface area (Å²) in [5.74, 6) is -4.46. The fourth-order valence-corrected chi connectivity index (χ4v) is 1.75. The first kappa shape index (κ1) is 16.1. The van der Waals surface area contributed by atoms with E-state index >= 15 is 0 Å². The molecule has 1 atom stereocenters. The molecule has 0 heterocycles. The fourth-order valence-electron chi connectivity index (χ4n) is 1.75. The average Bonchev–Trinajstić information content (AvgIpc) is 2.34. The van der Waals surface area contributed by atoms with Gasteiger partial charge < -0.3 is 10.4 Å². The number of hydrogen-bond acceptors (Lipinski definition) is 2. The normalized spacial score (nSPS) is 12.2. The Bertz CT molecular complexity index is 503. The lowest BCUT2D eigenvalue weighted by Gasteiger charge is -2.16. The Hall–Kier alpha value is -1.98. The van der Waals surface area contributed by atoms with Crippen molar-refractivity contribution in [2.75, 3.05) is 6.54 Å². The monoisotopic (exact) mass is 285 g/mol. The minimum absolute atomic E-state index is 0.0389. The van der Waals surface area contributed by atoms with Crippen LogP contribution >= 0.6 is 0 Å². The van der Waals surface area contributed by atoms with Crippen molar-refractivity contribution in [1.82, 2.24) is 5.32 Å². The molecule has 0 radical (unpaired) electrons. The van der Waals surface area contributed by atoms with Crippen LogP contribution in [0.4, 0.5) is 8.78 Å². The van der Waals surface area contributed by atoms with E-state index in [1.54, 1.807) is 13.8 Å². The molecule has 0 saturated heterocycles. The van der Waals surface area contributed by atoms with Gasteiger partial charge in [-0.2, -0.15) is 0 Å². The molecule has 0 aliphatic carbocycles. The van der Waals surface area contributed by atoms with E-state index in [9.17, 15) is 18.4 Å². The second-order valence-electron chi connectivity index (χ2n) is 4.88. The maximum atomic E-state index is 13.4. The highest BCUT2D eigenvalue weighted by Crippen LogP contribution is 2.13. The summed E-state index contributed by atoms with van der Waals surface area (Å²) in [6.45, 7) is 3.43. The van der Waals surface area contributed by atoms with E-state index in [0.717, 1.165) is 6.07 Å². The van der Waals surface area contributed by atoms with Gasteiger partial charge in [0.05, 0.1) is 12.3 Å². The van der Waals surface area contributed by atoms with E-state index in [1.807, 2.05) is 0 Å². The van der Waals surface area contributed by atoms with Crippen LogP contribution in [0.2, 0.25) is 0 Å². The van der Waals surface area contributed by atoms with Gasteiger partial charge in [-0.15, -0.1) is 0 Å². The molecule has 20 heavy (non-hydrogen) atoms. The summed E-state index contributed by atoms with van der Waals surface area (Å²) in [6.07, 6.45) is -0.325. The van der Waals surface area contributed by atoms with Crippen molar-refractivity contribution >= 4 is 11.9 Å². The number of rotatable bonds is 6. The lowest BCUT2D eigenvalue weighted by Crippen LogP contribution is -2.36. The second-order valence-corrected chi connectivity index (χ2v) is 4.88. The Morgan fingerprint density at radius 3 is 2.50 bits per heavy atom. The highest BCUT2D eigenvalue weighted by atomic mass is 19.2. The van der Waals surface area contributed by atoms with Gasteiger partial charge in [0.1, 0.15) is 0 Å². The van der Waals surface area contributed by atoms with Crippen molar-refractivity contribution in [1.29, 1.82) is 0 Å². The summed E-state index contributed by atoms with van der Waals surface area (Å²) in [4.78, 5) is 22.6. The summed E-state index contributed by atoms with van der Waals surface area (Å²) in [6, 6.07) is 3.60. The molecule has 110 valence electrons. The van der Waals surface area contributed by atoms with Gasteiger partial charge in [0.15, 0.2) is 11.6 Å². The molecule has 0 spiro atoms. The Labute approximate surface area is 115 Å². The van der Waals surface area contributed by atoms with Crippen molar-refractivity contribution in [3.63, 3.8) is 0 Å². The van der Waals surface area contributed by atoms with E-state index in [0.29, 0.717) is 0 Å². The van der Waals surface area contributed by atoms with Gasteiger partial charge in [-0.05, 0) is 12.0 Å². The summed E-state index contributed by atoms with van der Waals surface area (Å²) in [5.41, 5.74) is -0.0566. The highest BCUT2D eigenvalue weighted by molar-refractivity contribution is 5.79. The second kappa shape index (κ2) is 6.98. The largest absolute Gasteiger partial charge is 0.481 e. The Kier molecular flexibility index (Phi) is 5.61. The molecule has 0 bridgehead atoms. The minimum atomic E-state index is -1.05. The molecule has 2 N–H and O–H groups in total. The third-order valence-electron chi connectivity index (χ3n) is 3.02. The van der Waals surface area contributed by atoms with Crippen LogP contribution in [0.1, 0.15) is 19.4 Å². The number of carboxylic acids is 1. The molecule has 1 rings (SSSR count). The molecule has 1 unspecified atom stereocenters. The van der Waals surface area contributed by atoms with Gasteiger partial charge in [-0.1, -0.05) is 26.0 Å². The van der Waals surface area contributed by atoms with Crippen LogP contribution in [0, 0.1) is 23.5 Å². The summed E-state index contributed by atoms with van der Waals surface area (Å²) in [5, 5.41) is 11.4. The van der Waals surface area contributed by atoms with E-state index in [1.165, 1.54) is 12.1 Å². The molecule has 0 aliphatic rings. The van der Waals surface area contributed by atoms with Crippen molar-refractivity contribution in [3.8, 4) is 0 Å². The molecule has 0 aliphatic heterocycles. The number of amides is 1. The average molecular weight is 285 g/mol. The van der Waals surface area contributed by atoms with Crippen LogP contribution in [0.25, 0.3) is 0 Å². The SMILES string of the molecule is CC(C)C(CNC(=O)Cc1cccc(F)c1F)C(=O)O. The van der Waals surface area contributed by atoms with Gasteiger partial charge in [0.25, 0.3) is 0 Å². The number of benzene rings is 1. The highest BCUT2D eigenvalue weighted by Gasteiger charge is 2.22. The maximum Gasteiger partial charge on any atom is 0.308 e. The van der Waals surface area contributed by atoms with Gasteiger partial charge in [0, 0.05) is 12.1 Å². The Morgan fingerprint density at radius 1 is 1.30 bits per heavy atom. The Morgan fingerprint density at radius 2 is 1.95 bits per heavy atom. The summed E-state index contributed by atoms with van der Waals surface area (Å²) >= 11 is 0. The number of nitrogens with one attached hydrogen (secondary N) is 1. The zero-order valence-corrected chi connectivity index (χ0v) is 11.3. The summed E-state index contributed by atoms with van der Waals surface area (Å²) in [7, 11) is 0. The van der Waals surface area contributed by atoms with Crippen molar-refractivity contribution in [3.05, 3.63) is 35.4 Å². The first-order chi connectivity index (χ1) is 9.32. The maximum absolute atomic E-state index is 13.4. The van der Waals surface area contributed by atoms with Gasteiger partial charge >= 0.3 is 5.97 Å². The molecule has 0 aromatic heterocycles. The van der Waals surface area contributed by atoms with Crippen LogP contribution in [0.15, 0.2) is 18.2 Å². The first-order valence-electron chi connectivity index (χ1n) is 6.25. The molecule has 4 nitrogen and oxygen atoms in total. The van der Waals surface area contributed by atoms with Crippen molar-refractivity contribution in [2.24, 2.45) is 11.8 Å². The van der Waals surface area contributed by atoms with Crippen LogP contribution in [-0.2, 0) is 16.0 Å². The van der Waals surface area contributed by atoms with Crippen LogP contribution < -0.4 is 5.32 Å². The molecule has 1 aromatic carbocycles. The van der Waals surface area contributed by atoms with Crippen molar-refractivity contribution < 1.29 is 23.5 Å². The zero-order chi connectivity index (χ0) is 15.3. The van der Waals surface area contributed by atoms with E-state index < -0.39 is 29.4 Å². The van der Waals surface area contributed by atoms with Crippen LogP contribution in [-0.4, -0.2) is 23.5 Å². The smallest absolute Gasteiger partial charge is 0.308 e. The quantitative estimate of drug-likeness (QED) is 0.840. The number of carboxylic acid groups (broad SMARTS) is 1. The topological polar surface area (TPSA) is 66.4 Å². The first-order valence-corrected chi connectivity index (χ1v) is 6.25.